The third kappa shape index (κ3) is 4.85. The fraction of sp³-hybridized carbons (Fsp3) is 0.350. The van der Waals surface area contributed by atoms with Gasteiger partial charge in [0, 0.05) is 18.6 Å². The highest BCUT2D eigenvalue weighted by molar-refractivity contribution is 8.01. The topological polar surface area (TPSA) is 223 Å². The van der Waals surface area contributed by atoms with E-state index in [0.717, 1.165) is 21.3 Å². The third-order valence-corrected chi connectivity index (χ3v) is 8.05. The summed E-state index contributed by atoms with van der Waals surface area (Å²) in [7, 11) is 1.22. The molecule has 1 fully saturated rings. The number of methoxy groups -OCH3 is 1. The third-order valence-electron chi connectivity index (χ3n) is 5.64. The minimum Gasteiger partial charge on any atom is -0.508 e. The van der Waals surface area contributed by atoms with E-state index in [2.05, 4.69) is 20.8 Å². The number of nitrogens with two attached hydrogens (primary N) is 1. The summed E-state index contributed by atoms with van der Waals surface area (Å²) in [6.45, 7) is -0.468. The number of benzene rings is 1. The van der Waals surface area contributed by atoms with E-state index in [4.69, 9.17) is 15.6 Å². The fourth-order valence-corrected chi connectivity index (χ4v) is 6.28. The maximum absolute atomic E-state index is 13.2. The molecule has 4 rings (SSSR count). The summed E-state index contributed by atoms with van der Waals surface area (Å²) in [6.07, 6.45) is 0. The summed E-state index contributed by atoms with van der Waals surface area (Å²) >= 11 is 2.21. The van der Waals surface area contributed by atoms with Crippen molar-refractivity contribution in [2.24, 2.45) is 5.73 Å². The van der Waals surface area contributed by atoms with Gasteiger partial charge in [-0.2, -0.15) is 0 Å². The summed E-state index contributed by atoms with van der Waals surface area (Å²) in [4.78, 5) is 50.3. The minimum atomic E-state index is -1.83. The number of amides is 2. The highest BCUT2D eigenvalue weighted by Gasteiger charge is 2.66. The second kappa shape index (κ2) is 10.4. The van der Waals surface area contributed by atoms with Gasteiger partial charge >= 0.3 is 11.9 Å². The van der Waals surface area contributed by atoms with Crippen molar-refractivity contribution in [2.75, 3.05) is 18.6 Å². The Kier molecular flexibility index (Phi) is 7.39. The van der Waals surface area contributed by atoms with Gasteiger partial charge in [-0.3, -0.25) is 19.3 Å². The van der Waals surface area contributed by atoms with Crippen LogP contribution in [0.3, 0.4) is 0 Å². The number of carboxylic acids is 2. The number of ether oxygens (including phenoxy) is 1. The highest BCUT2D eigenvalue weighted by Crippen LogP contribution is 2.47. The Morgan fingerprint density at radius 2 is 2.03 bits per heavy atom. The number of hydrogen-bond donors (Lipinski definition) is 5. The van der Waals surface area contributed by atoms with Crippen LogP contribution in [0.2, 0.25) is 0 Å². The first-order chi connectivity index (χ1) is 17.6. The maximum atomic E-state index is 13.2. The van der Waals surface area contributed by atoms with E-state index >= 15 is 0 Å². The van der Waals surface area contributed by atoms with Crippen LogP contribution >= 0.6 is 23.5 Å². The lowest BCUT2D eigenvalue weighted by atomic mass is 9.97. The summed E-state index contributed by atoms with van der Waals surface area (Å²) in [6, 6.07) is 4.48. The van der Waals surface area contributed by atoms with E-state index in [1.54, 1.807) is 0 Å². The first-order valence-electron chi connectivity index (χ1n) is 10.5. The predicted molar refractivity (Wildman–Crippen MR) is 127 cm³/mol. The molecule has 17 heteroatoms. The number of aromatic nitrogens is 4. The summed E-state index contributed by atoms with van der Waals surface area (Å²) < 4.78 is 6.48. The zero-order valence-electron chi connectivity index (χ0n) is 19.1. The summed E-state index contributed by atoms with van der Waals surface area (Å²) in [5, 5.41) is 40.9. The molecule has 37 heavy (non-hydrogen) atoms. The fourth-order valence-electron chi connectivity index (χ4n) is 3.83. The number of carbonyl (C=O) groups is 4. The van der Waals surface area contributed by atoms with E-state index in [9.17, 15) is 29.4 Å². The van der Waals surface area contributed by atoms with Crippen LogP contribution in [0.5, 0.6) is 5.75 Å². The van der Waals surface area contributed by atoms with Gasteiger partial charge in [-0.05, 0) is 33.7 Å². The molecule has 3 heterocycles. The van der Waals surface area contributed by atoms with Gasteiger partial charge in [-0.1, -0.05) is 23.9 Å². The van der Waals surface area contributed by atoms with Crippen LogP contribution in [0.1, 0.15) is 11.6 Å². The SMILES string of the molecule is CO[C@@]1(NC(=O)C(N)c2ccc(O)cc2)C(=O)N2C(C(=O)O)=C(CSc3nnnn3CC(=O)O)CS[C@H]21. The van der Waals surface area contributed by atoms with Crippen molar-refractivity contribution in [1.29, 1.82) is 0 Å². The number of nitrogens with one attached hydrogen (secondary N) is 1. The normalized spacial score (nSPS) is 21.7. The number of thioether (sulfide) groups is 2. The first-order valence-corrected chi connectivity index (χ1v) is 12.6. The highest BCUT2D eigenvalue weighted by atomic mass is 32.2. The second-order valence-electron chi connectivity index (χ2n) is 7.90. The number of carbonyl (C=O) groups excluding carboxylic acids is 2. The van der Waals surface area contributed by atoms with Gasteiger partial charge in [-0.25, -0.2) is 9.48 Å². The lowest BCUT2D eigenvalue weighted by Crippen LogP contribution is -2.81. The average molecular weight is 552 g/mol. The molecule has 2 aliphatic rings. The van der Waals surface area contributed by atoms with Crippen LogP contribution in [0.25, 0.3) is 0 Å². The Labute approximate surface area is 217 Å². The van der Waals surface area contributed by atoms with Gasteiger partial charge < -0.3 is 31.1 Å². The predicted octanol–water partition coefficient (Wildman–Crippen LogP) is -1.03. The molecule has 1 aromatic heterocycles. The van der Waals surface area contributed by atoms with Crippen LogP contribution in [-0.4, -0.2) is 93.9 Å². The summed E-state index contributed by atoms with van der Waals surface area (Å²) in [5.74, 6) is -3.77. The first kappa shape index (κ1) is 26.4. The van der Waals surface area contributed by atoms with Crippen molar-refractivity contribution in [3.8, 4) is 5.75 Å². The number of β-lactam (4-membered cyclic amide) rings is 1. The van der Waals surface area contributed by atoms with Gasteiger partial charge in [0.25, 0.3) is 11.6 Å². The van der Waals surface area contributed by atoms with Gasteiger partial charge in [0.05, 0.1) is 0 Å². The van der Waals surface area contributed by atoms with Crippen LogP contribution in [-0.2, 0) is 30.5 Å². The molecule has 0 radical (unpaired) electrons. The number of carboxylic acid groups (broad SMARTS) is 2. The quantitative estimate of drug-likeness (QED) is 0.135. The molecule has 196 valence electrons. The Hall–Kier alpha value is -3.67. The van der Waals surface area contributed by atoms with Gasteiger partial charge in [-0.15, -0.1) is 16.9 Å². The molecule has 3 atom stereocenters. The number of nitrogens with zero attached hydrogens (tertiary/aromatic N) is 5. The van der Waals surface area contributed by atoms with Crippen molar-refractivity contribution in [3.63, 3.8) is 0 Å². The van der Waals surface area contributed by atoms with E-state index in [-0.39, 0.29) is 28.1 Å². The van der Waals surface area contributed by atoms with Crippen molar-refractivity contribution in [1.82, 2.24) is 30.4 Å². The van der Waals surface area contributed by atoms with E-state index in [0.29, 0.717) is 11.1 Å². The van der Waals surface area contributed by atoms with E-state index < -0.39 is 47.4 Å². The number of phenols is 1. The number of fused-ring (bicyclic) bond motifs is 1. The maximum Gasteiger partial charge on any atom is 0.352 e. The molecule has 0 aliphatic carbocycles. The number of tetrazole rings is 1. The van der Waals surface area contributed by atoms with Crippen LogP contribution in [0, 0.1) is 0 Å². The number of aliphatic carboxylic acids is 2. The molecule has 2 amide bonds. The van der Waals surface area contributed by atoms with Crippen molar-refractivity contribution < 1.29 is 39.2 Å². The van der Waals surface area contributed by atoms with Crippen LogP contribution < -0.4 is 11.1 Å². The lowest BCUT2D eigenvalue weighted by molar-refractivity contribution is -0.192. The smallest absolute Gasteiger partial charge is 0.352 e. The zero-order chi connectivity index (χ0) is 26.9. The van der Waals surface area contributed by atoms with Crippen molar-refractivity contribution >= 4 is 47.3 Å². The zero-order valence-corrected chi connectivity index (χ0v) is 20.7. The molecule has 1 aromatic carbocycles. The molecular formula is C20H21N7O8S2. The van der Waals surface area contributed by atoms with Gasteiger partial charge in [0.2, 0.25) is 11.1 Å². The van der Waals surface area contributed by atoms with Gasteiger partial charge in [0.15, 0.2) is 0 Å². The molecule has 2 aliphatic heterocycles. The Morgan fingerprint density at radius 1 is 1.32 bits per heavy atom. The van der Waals surface area contributed by atoms with E-state index in [1.807, 2.05) is 0 Å². The molecule has 1 unspecified atom stereocenters. The molecule has 1 saturated heterocycles. The number of phenolic OH excluding ortho intramolecular Hbond substituents is 1. The average Bonchev–Trinajstić information content (AvgIpc) is 3.30. The molecular weight excluding hydrogens is 530 g/mol. The monoisotopic (exact) mass is 551 g/mol. The Bertz CT molecular complexity index is 1280. The van der Waals surface area contributed by atoms with Crippen molar-refractivity contribution in [3.05, 3.63) is 41.1 Å². The number of rotatable bonds is 10. The molecule has 6 N–H and O–H groups in total. The number of aromatic hydroxyl groups is 1. The molecule has 2 aromatic rings. The van der Waals surface area contributed by atoms with Crippen LogP contribution in [0.4, 0.5) is 0 Å². The molecule has 15 nitrogen and oxygen atoms in total. The standard InChI is InChI=1S/C20H21N7O8S2/c1-35-20(22-15(31)13(21)9-2-4-11(28)5-3-9)17(34)27-14(16(32)33)10(7-36-18(20)27)8-37-19-23-24-25-26(19)6-12(29)30/h2-5,13,18,28H,6-8,21H2,1H3,(H,22,31)(H,29,30)(H,32,33)/t13?,18-,20-/m0/s1. The summed E-state index contributed by atoms with van der Waals surface area (Å²) in [5.41, 5.74) is 4.70. The molecule has 0 bridgehead atoms. The Morgan fingerprint density at radius 3 is 2.65 bits per heavy atom. The van der Waals surface area contributed by atoms with Crippen molar-refractivity contribution in [2.45, 2.75) is 28.8 Å². The lowest BCUT2D eigenvalue weighted by Gasteiger charge is -2.56. The molecule has 0 spiro atoms. The second-order valence-corrected chi connectivity index (χ2v) is 9.91. The number of hydrogen-bond acceptors (Lipinski definition) is 12. The largest absolute Gasteiger partial charge is 0.508 e. The minimum absolute atomic E-state index is 0.00604. The Balaban J connectivity index is 1.53. The van der Waals surface area contributed by atoms with E-state index in [1.165, 1.54) is 43.1 Å². The van der Waals surface area contributed by atoms with Crippen LogP contribution in [0.15, 0.2) is 40.7 Å². The molecule has 0 saturated carbocycles. The van der Waals surface area contributed by atoms with Gasteiger partial charge in [0.1, 0.15) is 29.4 Å².